The summed E-state index contributed by atoms with van der Waals surface area (Å²) >= 11 is 0. The van der Waals surface area contributed by atoms with E-state index >= 15 is 0 Å². The van der Waals surface area contributed by atoms with Crippen molar-refractivity contribution in [2.75, 3.05) is 24.5 Å². The summed E-state index contributed by atoms with van der Waals surface area (Å²) in [5.74, 6) is -0.264. The molecule has 1 amide bonds. The predicted octanol–water partition coefficient (Wildman–Crippen LogP) is 1.74. The Bertz CT molecular complexity index is 833. The highest BCUT2D eigenvalue weighted by Crippen LogP contribution is 2.35. The molecule has 0 unspecified atom stereocenters. The zero-order chi connectivity index (χ0) is 17.4. The lowest BCUT2D eigenvalue weighted by atomic mass is 10.1. The molecule has 26 heavy (non-hydrogen) atoms. The SMILES string of the molecule is Cl.O=C(c1cn(C2CCNCC2)nn1)N1CCc2c1cccc2[N+](=O)[O-]. The first-order valence-electron chi connectivity index (χ1n) is 8.36. The third-order valence-corrected chi connectivity index (χ3v) is 4.86. The zero-order valence-corrected chi connectivity index (χ0v) is 14.8. The summed E-state index contributed by atoms with van der Waals surface area (Å²) in [5, 5.41) is 22.6. The molecule has 0 bridgehead atoms. The molecule has 1 aromatic carbocycles. The van der Waals surface area contributed by atoms with Crippen LogP contribution in [0.15, 0.2) is 24.4 Å². The maximum Gasteiger partial charge on any atom is 0.280 e. The van der Waals surface area contributed by atoms with Crippen LogP contribution in [0.25, 0.3) is 0 Å². The average Bonchev–Trinajstić information content (AvgIpc) is 3.29. The highest BCUT2D eigenvalue weighted by Gasteiger charge is 2.32. The molecule has 10 heteroatoms. The number of carbonyl (C=O) groups excluding carboxylic acids is 1. The topological polar surface area (TPSA) is 106 Å². The van der Waals surface area contributed by atoms with Gasteiger partial charge in [-0.15, -0.1) is 17.5 Å². The third-order valence-electron chi connectivity index (χ3n) is 4.86. The highest BCUT2D eigenvalue weighted by molar-refractivity contribution is 6.06. The highest BCUT2D eigenvalue weighted by atomic mass is 35.5. The van der Waals surface area contributed by atoms with Crippen molar-refractivity contribution >= 4 is 29.7 Å². The van der Waals surface area contributed by atoms with Crippen LogP contribution in [0.1, 0.15) is 34.9 Å². The number of nitrogens with one attached hydrogen (secondary N) is 1. The first kappa shape index (κ1) is 18.3. The van der Waals surface area contributed by atoms with Crippen LogP contribution in [0.4, 0.5) is 11.4 Å². The summed E-state index contributed by atoms with van der Waals surface area (Å²) in [6.45, 7) is 2.27. The Morgan fingerprint density at radius 1 is 1.31 bits per heavy atom. The number of hydrogen-bond donors (Lipinski definition) is 1. The summed E-state index contributed by atoms with van der Waals surface area (Å²) in [6.07, 6.45) is 4.07. The van der Waals surface area contributed by atoms with Crippen molar-refractivity contribution in [1.29, 1.82) is 0 Å². The van der Waals surface area contributed by atoms with Crippen molar-refractivity contribution in [3.05, 3.63) is 45.8 Å². The molecular formula is C16H19ClN6O3. The van der Waals surface area contributed by atoms with Crippen molar-refractivity contribution in [3.8, 4) is 0 Å². The molecule has 0 saturated carbocycles. The molecule has 4 rings (SSSR count). The van der Waals surface area contributed by atoms with Gasteiger partial charge in [0, 0.05) is 12.6 Å². The van der Waals surface area contributed by atoms with Gasteiger partial charge in [0.15, 0.2) is 5.69 Å². The van der Waals surface area contributed by atoms with Crippen molar-refractivity contribution in [2.24, 2.45) is 0 Å². The van der Waals surface area contributed by atoms with Crippen LogP contribution in [0, 0.1) is 10.1 Å². The van der Waals surface area contributed by atoms with Crippen LogP contribution in [0.5, 0.6) is 0 Å². The number of benzene rings is 1. The summed E-state index contributed by atoms with van der Waals surface area (Å²) in [7, 11) is 0. The molecule has 0 aliphatic carbocycles. The van der Waals surface area contributed by atoms with E-state index in [-0.39, 0.29) is 35.7 Å². The number of nitrogens with zero attached hydrogens (tertiary/aromatic N) is 5. The van der Waals surface area contributed by atoms with Gasteiger partial charge in [-0.05, 0) is 38.4 Å². The van der Waals surface area contributed by atoms with Crippen LogP contribution in [-0.2, 0) is 6.42 Å². The Morgan fingerprint density at radius 2 is 2.08 bits per heavy atom. The molecule has 2 aliphatic heterocycles. The second kappa shape index (κ2) is 7.38. The van der Waals surface area contributed by atoms with Gasteiger partial charge in [0.05, 0.1) is 28.4 Å². The Hall–Kier alpha value is -2.52. The van der Waals surface area contributed by atoms with E-state index < -0.39 is 4.92 Å². The number of amides is 1. The second-order valence-electron chi connectivity index (χ2n) is 6.30. The lowest BCUT2D eigenvalue weighted by Gasteiger charge is -2.22. The molecule has 138 valence electrons. The Balaban J connectivity index is 0.00000196. The van der Waals surface area contributed by atoms with Crippen molar-refractivity contribution in [2.45, 2.75) is 25.3 Å². The maximum absolute atomic E-state index is 12.8. The molecule has 1 aromatic heterocycles. The fourth-order valence-corrected chi connectivity index (χ4v) is 3.56. The lowest BCUT2D eigenvalue weighted by Crippen LogP contribution is -2.30. The number of nitro benzene ring substituents is 1. The van der Waals surface area contributed by atoms with E-state index in [1.165, 1.54) is 6.07 Å². The van der Waals surface area contributed by atoms with Crippen LogP contribution in [-0.4, -0.2) is 45.5 Å². The molecule has 0 radical (unpaired) electrons. The quantitative estimate of drug-likeness (QED) is 0.644. The minimum absolute atomic E-state index is 0. The van der Waals surface area contributed by atoms with Crippen LogP contribution < -0.4 is 10.2 Å². The normalized spacial score (nSPS) is 16.8. The standard InChI is InChI=1S/C16H18N6O3.ClH/c23-16(13-10-21(19-18-13)11-4-7-17-8-5-11)20-9-6-12-14(20)2-1-3-15(12)22(24)25;/h1-3,10-11,17H,4-9H2;1H. The van der Waals surface area contributed by atoms with Gasteiger partial charge in [0.1, 0.15) is 0 Å². The fourth-order valence-electron chi connectivity index (χ4n) is 3.56. The first-order chi connectivity index (χ1) is 12.1. The van der Waals surface area contributed by atoms with Crippen molar-refractivity contribution in [1.82, 2.24) is 20.3 Å². The number of anilines is 1. The van der Waals surface area contributed by atoms with Crippen LogP contribution >= 0.6 is 12.4 Å². The third kappa shape index (κ3) is 3.15. The molecule has 0 spiro atoms. The molecule has 1 N–H and O–H groups in total. The van der Waals surface area contributed by atoms with Gasteiger partial charge in [-0.25, -0.2) is 4.68 Å². The van der Waals surface area contributed by atoms with E-state index in [2.05, 4.69) is 15.6 Å². The average molecular weight is 379 g/mol. The largest absolute Gasteiger partial charge is 0.317 e. The van der Waals surface area contributed by atoms with E-state index in [1.807, 2.05) is 0 Å². The van der Waals surface area contributed by atoms with E-state index in [1.54, 1.807) is 27.9 Å². The molecule has 3 heterocycles. The summed E-state index contributed by atoms with van der Waals surface area (Å²) in [6, 6.07) is 5.07. The molecule has 1 fully saturated rings. The van der Waals surface area contributed by atoms with Crippen molar-refractivity contribution in [3.63, 3.8) is 0 Å². The minimum atomic E-state index is -0.403. The number of carbonyl (C=O) groups is 1. The maximum atomic E-state index is 12.8. The van der Waals surface area contributed by atoms with Gasteiger partial charge in [0.2, 0.25) is 0 Å². The van der Waals surface area contributed by atoms with Crippen molar-refractivity contribution < 1.29 is 9.72 Å². The Labute approximate surface area is 155 Å². The first-order valence-corrected chi connectivity index (χ1v) is 8.36. The van der Waals surface area contributed by atoms with Gasteiger partial charge in [-0.2, -0.15) is 0 Å². The van der Waals surface area contributed by atoms with Crippen LogP contribution in [0.2, 0.25) is 0 Å². The van der Waals surface area contributed by atoms with Gasteiger partial charge >= 0.3 is 0 Å². The Kier molecular flexibility index (Phi) is 5.19. The van der Waals surface area contributed by atoms with E-state index in [0.717, 1.165) is 25.9 Å². The predicted molar refractivity (Wildman–Crippen MR) is 96.9 cm³/mol. The smallest absolute Gasteiger partial charge is 0.280 e. The van der Waals surface area contributed by atoms with Gasteiger partial charge in [-0.3, -0.25) is 14.9 Å². The monoisotopic (exact) mass is 378 g/mol. The van der Waals surface area contributed by atoms with Gasteiger partial charge < -0.3 is 10.2 Å². The van der Waals surface area contributed by atoms with E-state index in [0.29, 0.717) is 24.2 Å². The number of rotatable bonds is 3. The van der Waals surface area contributed by atoms with Gasteiger partial charge in [0.25, 0.3) is 11.6 Å². The number of fused-ring (bicyclic) bond motifs is 1. The zero-order valence-electron chi connectivity index (χ0n) is 14.0. The number of halogens is 1. The summed E-state index contributed by atoms with van der Waals surface area (Å²) < 4.78 is 1.76. The summed E-state index contributed by atoms with van der Waals surface area (Å²) in [5.41, 5.74) is 1.53. The Morgan fingerprint density at radius 3 is 2.81 bits per heavy atom. The summed E-state index contributed by atoms with van der Waals surface area (Å²) in [4.78, 5) is 25.1. The fraction of sp³-hybridized carbons (Fsp3) is 0.438. The number of nitro groups is 1. The molecule has 2 aliphatic rings. The van der Waals surface area contributed by atoms with Gasteiger partial charge in [-0.1, -0.05) is 11.3 Å². The number of piperidine rings is 1. The van der Waals surface area contributed by atoms with Crippen LogP contribution in [0.3, 0.4) is 0 Å². The number of aromatic nitrogens is 3. The molecule has 0 atom stereocenters. The lowest BCUT2D eigenvalue weighted by molar-refractivity contribution is -0.385. The van der Waals surface area contributed by atoms with E-state index in [9.17, 15) is 14.9 Å². The minimum Gasteiger partial charge on any atom is -0.317 e. The second-order valence-corrected chi connectivity index (χ2v) is 6.30. The molecule has 9 nitrogen and oxygen atoms in total. The molecule has 1 saturated heterocycles. The molecule has 2 aromatic rings. The van der Waals surface area contributed by atoms with E-state index in [4.69, 9.17) is 0 Å². The molecular weight excluding hydrogens is 360 g/mol. The number of hydrogen-bond acceptors (Lipinski definition) is 6.